The Morgan fingerprint density at radius 1 is 1.04 bits per heavy atom. The second-order valence-electron chi connectivity index (χ2n) is 6.85. The fourth-order valence-electron chi connectivity index (χ4n) is 3.25. The van der Waals surface area contributed by atoms with Crippen molar-refractivity contribution in [2.24, 2.45) is 0 Å². The number of nitrogens with one attached hydrogen (secondary N) is 1. The molecule has 26 heavy (non-hydrogen) atoms. The number of likely N-dealkylation sites (tertiary alicyclic amines) is 1. The number of amides is 1. The molecule has 4 nitrogen and oxygen atoms in total. The molecule has 0 aromatic heterocycles. The molecule has 0 aliphatic carbocycles. The highest BCUT2D eigenvalue weighted by molar-refractivity contribution is 5.81. The van der Waals surface area contributed by atoms with Crippen molar-refractivity contribution >= 4 is 5.91 Å². The molecule has 138 valence electrons. The lowest BCUT2D eigenvalue weighted by Crippen LogP contribution is -2.37. The van der Waals surface area contributed by atoms with Gasteiger partial charge in [-0.3, -0.25) is 9.69 Å². The van der Waals surface area contributed by atoms with Gasteiger partial charge in [-0.2, -0.15) is 0 Å². The van der Waals surface area contributed by atoms with Crippen LogP contribution in [0, 0.1) is 0 Å². The summed E-state index contributed by atoms with van der Waals surface area (Å²) in [6, 6.07) is 18.0. The smallest absolute Gasteiger partial charge is 0.261 e. The number of rotatable bonds is 8. The maximum absolute atomic E-state index is 12.4. The Morgan fingerprint density at radius 2 is 1.69 bits per heavy atom. The summed E-state index contributed by atoms with van der Waals surface area (Å²) in [4.78, 5) is 14.9. The van der Waals surface area contributed by atoms with Gasteiger partial charge in [-0.1, -0.05) is 49.4 Å². The Morgan fingerprint density at radius 3 is 2.35 bits per heavy atom. The molecule has 1 atom stereocenters. The fraction of sp³-hybridized carbons (Fsp3) is 0.409. The Balaban J connectivity index is 1.48. The van der Waals surface area contributed by atoms with Gasteiger partial charge in [-0.25, -0.2) is 0 Å². The molecule has 1 fully saturated rings. The van der Waals surface area contributed by atoms with Crippen LogP contribution in [0.4, 0.5) is 0 Å². The Bertz CT molecular complexity index is 679. The molecule has 3 rings (SSSR count). The summed E-state index contributed by atoms with van der Waals surface area (Å²) in [6.45, 7) is 5.92. The number of para-hydroxylation sites is 1. The fourth-order valence-corrected chi connectivity index (χ4v) is 3.25. The third-order valence-electron chi connectivity index (χ3n) is 4.78. The van der Waals surface area contributed by atoms with E-state index in [4.69, 9.17) is 4.74 Å². The van der Waals surface area contributed by atoms with Crippen LogP contribution in [0.25, 0.3) is 0 Å². The molecule has 0 radical (unpaired) electrons. The van der Waals surface area contributed by atoms with Crippen LogP contribution in [0.3, 0.4) is 0 Å². The first-order valence-electron chi connectivity index (χ1n) is 9.54. The first-order chi connectivity index (χ1) is 12.7. The van der Waals surface area contributed by atoms with E-state index in [1.807, 2.05) is 37.3 Å². The van der Waals surface area contributed by atoms with Crippen molar-refractivity contribution in [3.63, 3.8) is 0 Å². The third-order valence-corrected chi connectivity index (χ3v) is 4.78. The highest BCUT2D eigenvalue weighted by atomic mass is 16.5. The zero-order valence-electron chi connectivity index (χ0n) is 15.5. The summed E-state index contributed by atoms with van der Waals surface area (Å²) in [6.07, 6.45) is 2.80. The van der Waals surface area contributed by atoms with Crippen LogP contribution in [0.2, 0.25) is 0 Å². The Kier molecular flexibility index (Phi) is 6.67. The van der Waals surface area contributed by atoms with Crippen LogP contribution in [-0.4, -0.2) is 30.0 Å². The monoisotopic (exact) mass is 352 g/mol. The molecule has 1 unspecified atom stereocenters. The van der Waals surface area contributed by atoms with Gasteiger partial charge in [0.2, 0.25) is 0 Å². The second-order valence-corrected chi connectivity index (χ2v) is 6.85. The van der Waals surface area contributed by atoms with E-state index >= 15 is 0 Å². The van der Waals surface area contributed by atoms with Crippen LogP contribution < -0.4 is 10.1 Å². The summed E-state index contributed by atoms with van der Waals surface area (Å²) in [7, 11) is 0. The first-order valence-corrected chi connectivity index (χ1v) is 9.54. The molecule has 1 N–H and O–H groups in total. The topological polar surface area (TPSA) is 41.6 Å². The van der Waals surface area contributed by atoms with E-state index in [0.29, 0.717) is 13.0 Å². The van der Waals surface area contributed by atoms with Crippen molar-refractivity contribution in [1.29, 1.82) is 0 Å². The lowest BCUT2D eigenvalue weighted by atomic mass is 10.1. The molecule has 0 spiro atoms. The summed E-state index contributed by atoms with van der Waals surface area (Å²) >= 11 is 0. The van der Waals surface area contributed by atoms with Gasteiger partial charge >= 0.3 is 0 Å². The highest BCUT2D eigenvalue weighted by Gasteiger charge is 2.18. The highest BCUT2D eigenvalue weighted by Crippen LogP contribution is 2.14. The molecular weight excluding hydrogens is 324 g/mol. The molecule has 1 aliphatic heterocycles. The predicted octanol–water partition coefficient (Wildman–Crippen LogP) is 3.76. The molecular formula is C22H28N2O2. The lowest BCUT2D eigenvalue weighted by molar-refractivity contribution is -0.128. The maximum Gasteiger partial charge on any atom is 0.261 e. The maximum atomic E-state index is 12.4. The van der Waals surface area contributed by atoms with E-state index in [2.05, 4.69) is 34.5 Å². The standard InChI is InChI=1S/C22H28N2O2/c1-2-21(26-20-8-4-3-5-9-20)22(25)23-16-18-10-12-19(13-11-18)17-24-14-6-7-15-24/h3-5,8-13,21H,2,6-7,14-17H2,1H3,(H,23,25). The van der Waals surface area contributed by atoms with E-state index < -0.39 is 6.10 Å². The second kappa shape index (κ2) is 9.39. The normalized spacial score (nSPS) is 15.6. The van der Waals surface area contributed by atoms with E-state index in [1.54, 1.807) is 0 Å². The zero-order chi connectivity index (χ0) is 18.2. The van der Waals surface area contributed by atoms with E-state index in [9.17, 15) is 4.79 Å². The molecule has 2 aromatic carbocycles. The average molecular weight is 352 g/mol. The van der Waals surface area contributed by atoms with Crippen molar-refractivity contribution < 1.29 is 9.53 Å². The third kappa shape index (κ3) is 5.33. The van der Waals surface area contributed by atoms with E-state index in [0.717, 1.165) is 17.9 Å². The molecule has 1 saturated heterocycles. The summed E-state index contributed by atoms with van der Waals surface area (Å²) in [5.41, 5.74) is 2.44. The first kappa shape index (κ1) is 18.5. The predicted molar refractivity (Wildman–Crippen MR) is 104 cm³/mol. The van der Waals surface area contributed by atoms with Crippen LogP contribution in [0.15, 0.2) is 54.6 Å². The van der Waals surface area contributed by atoms with Gasteiger partial charge in [0.25, 0.3) is 5.91 Å². The van der Waals surface area contributed by atoms with Gasteiger partial charge in [-0.15, -0.1) is 0 Å². The number of nitrogens with zero attached hydrogens (tertiary/aromatic N) is 1. The minimum absolute atomic E-state index is 0.0718. The van der Waals surface area contributed by atoms with Crippen molar-refractivity contribution in [1.82, 2.24) is 10.2 Å². The molecule has 1 heterocycles. The van der Waals surface area contributed by atoms with Gasteiger partial charge in [0.05, 0.1) is 0 Å². The lowest BCUT2D eigenvalue weighted by Gasteiger charge is -2.17. The SMILES string of the molecule is CCC(Oc1ccccc1)C(=O)NCc1ccc(CN2CCCC2)cc1. The number of hydrogen-bond donors (Lipinski definition) is 1. The van der Waals surface area contributed by atoms with Gasteiger partial charge < -0.3 is 10.1 Å². The van der Waals surface area contributed by atoms with Crippen LogP contribution in [-0.2, 0) is 17.9 Å². The van der Waals surface area contributed by atoms with Crippen LogP contribution >= 0.6 is 0 Å². The quantitative estimate of drug-likeness (QED) is 0.786. The minimum Gasteiger partial charge on any atom is -0.481 e. The van der Waals surface area contributed by atoms with Gasteiger partial charge in [0.15, 0.2) is 6.10 Å². The van der Waals surface area contributed by atoms with Crippen molar-refractivity contribution in [2.75, 3.05) is 13.1 Å². The number of benzene rings is 2. The van der Waals surface area contributed by atoms with E-state index in [-0.39, 0.29) is 5.91 Å². The summed E-state index contributed by atoms with van der Waals surface area (Å²) in [5.74, 6) is 0.651. The van der Waals surface area contributed by atoms with E-state index in [1.165, 1.54) is 31.5 Å². The largest absolute Gasteiger partial charge is 0.481 e. The molecule has 1 aliphatic rings. The molecule has 0 saturated carbocycles. The molecule has 0 bridgehead atoms. The molecule has 4 heteroatoms. The Labute approximate surface area is 156 Å². The van der Waals surface area contributed by atoms with Gasteiger partial charge in [-0.05, 0) is 55.6 Å². The van der Waals surface area contributed by atoms with Crippen molar-refractivity contribution in [3.8, 4) is 5.75 Å². The molecule has 2 aromatic rings. The number of carbonyl (C=O) groups excluding carboxylic acids is 1. The average Bonchev–Trinajstić information content (AvgIpc) is 3.19. The van der Waals surface area contributed by atoms with Gasteiger partial charge in [0.1, 0.15) is 5.75 Å². The summed E-state index contributed by atoms with van der Waals surface area (Å²) < 4.78 is 5.79. The number of hydrogen-bond acceptors (Lipinski definition) is 3. The number of carbonyl (C=O) groups is 1. The number of ether oxygens (including phenoxy) is 1. The van der Waals surface area contributed by atoms with Crippen LogP contribution in [0.1, 0.15) is 37.3 Å². The summed E-state index contributed by atoms with van der Waals surface area (Å²) in [5, 5.41) is 2.99. The zero-order valence-corrected chi connectivity index (χ0v) is 15.5. The van der Waals surface area contributed by atoms with Crippen molar-refractivity contribution in [2.45, 2.75) is 45.4 Å². The van der Waals surface area contributed by atoms with Crippen molar-refractivity contribution in [3.05, 3.63) is 65.7 Å². The van der Waals surface area contributed by atoms with Gasteiger partial charge in [0, 0.05) is 13.1 Å². The molecule has 1 amide bonds. The van der Waals surface area contributed by atoms with Crippen LogP contribution in [0.5, 0.6) is 5.75 Å². The minimum atomic E-state index is -0.466. The Hall–Kier alpha value is -2.33.